The van der Waals surface area contributed by atoms with Crippen LogP contribution in [0.25, 0.3) is 0 Å². The van der Waals surface area contributed by atoms with Gasteiger partial charge < -0.3 is 11.2 Å². The maximum Gasteiger partial charge on any atom is 0.233 e. The van der Waals surface area contributed by atoms with E-state index in [9.17, 15) is 4.79 Å². The van der Waals surface area contributed by atoms with Crippen LogP contribution in [-0.2, 0) is 10.2 Å². The van der Waals surface area contributed by atoms with E-state index in [4.69, 9.17) is 5.84 Å². The number of amides is 1. The lowest BCUT2D eigenvalue weighted by molar-refractivity contribution is -0.121. The van der Waals surface area contributed by atoms with Crippen molar-refractivity contribution >= 4 is 17.7 Å². The highest BCUT2D eigenvalue weighted by molar-refractivity contribution is 8.00. The van der Waals surface area contributed by atoms with E-state index >= 15 is 0 Å². The van der Waals surface area contributed by atoms with E-state index in [0.29, 0.717) is 22.9 Å². The molecule has 1 aliphatic rings. The zero-order valence-corrected chi connectivity index (χ0v) is 15.6. The summed E-state index contributed by atoms with van der Waals surface area (Å²) in [6.45, 7) is 10.2. The lowest BCUT2D eigenvalue weighted by Crippen LogP contribution is -2.44. The molecule has 6 nitrogen and oxygen atoms in total. The largest absolute Gasteiger partial charge is 0.352 e. The third-order valence-corrected chi connectivity index (χ3v) is 5.48. The van der Waals surface area contributed by atoms with Gasteiger partial charge in [0.05, 0.1) is 5.25 Å². The van der Waals surface area contributed by atoms with Crippen LogP contribution in [0.4, 0.5) is 0 Å². The van der Waals surface area contributed by atoms with Crippen LogP contribution >= 0.6 is 11.8 Å². The highest BCUT2D eigenvalue weighted by Crippen LogP contribution is 2.27. The van der Waals surface area contributed by atoms with Gasteiger partial charge in [0, 0.05) is 11.5 Å². The van der Waals surface area contributed by atoms with Crippen molar-refractivity contribution in [3.63, 3.8) is 0 Å². The van der Waals surface area contributed by atoms with Crippen LogP contribution in [0.3, 0.4) is 0 Å². The van der Waals surface area contributed by atoms with Crippen molar-refractivity contribution in [3.05, 3.63) is 5.82 Å². The molecule has 23 heavy (non-hydrogen) atoms. The molecule has 1 fully saturated rings. The quantitative estimate of drug-likeness (QED) is 0.650. The predicted octanol–water partition coefficient (Wildman–Crippen LogP) is 2.46. The van der Waals surface area contributed by atoms with Crippen molar-refractivity contribution in [1.82, 2.24) is 20.2 Å². The lowest BCUT2D eigenvalue weighted by Gasteiger charge is -2.30. The molecule has 3 unspecified atom stereocenters. The van der Waals surface area contributed by atoms with Crippen LogP contribution in [0, 0.1) is 5.92 Å². The molecule has 130 valence electrons. The first kappa shape index (κ1) is 18.1. The van der Waals surface area contributed by atoms with Crippen molar-refractivity contribution in [2.45, 2.75) is 82.2 Å². The van der Waals surface area contributed by atoms with Crippen molar-refractivity contribution in [2.75, 3.05) is 5.84 Å². The summed E-state index contributed by atoms with van der Waals surface area (Å²) in [5.41, 5.74) is -0.177. The van der Waals surface area contributed by atoms with E-state index in [0.717, 1.165) is 6.42 Å². The summed E-state index contributed by atoms with van der Waals surface area (Å²) in [5, 5.41) is 11.8. The number of nitrogens with two attached hydrogens (primary N) is 1. The van der Waals surface area contributed by atoms with Gasteiger partial charge >= 0.3 is 0 Å². The molecule has 3 N–H and O–H groups in total. The summed E-state index contributed by atoms with van der Waals surface area (Å²) in [4.78, 5) is 12.4. The zero-order chi connectivity index (χ0) is 17.2. The Morgan fingerprint density at radius 3 is 2.57 bits per heavy atom. The third kappa shape index (κ3) is 4.40. The standard InChI is InChI=1S/C16H29N5OS/c1-10-8-6-7-9-12(10)18-13(22)11(2)23-15-20-19-14(21(15)17)16(3,4)5/h10-12H,6-9,17H2,1-5H3,(H,18,22). The minimum absolute atomic E-state index is 0.0501. The second-order valence-electron chi connectivity index (χ2n) is 7.56. The van der Waals surface area contributed by atoms with Gasteiger partial charge in [-0.3, -0.25) is 4.79 Å². The summed E-state index contributed by atoms with van der Waals surface area (Å²) in [6, 6.07) is 0.292. The number of nitrogens with one attached hydrogen (secondary N) is 1. The molecule has 0 radical (unpaired) electrons. The van der Waals surface area contributed by atoms with Crippen LogP contribution in [0.15, 0.2) is 5.16 Å². The molecule has 7 heteroatoms. The summed E-state index contributed by atoms with van der Waals surface area (Å²) >= 11 is 1.36. The number of thioether (sulfide) groups is 1. The van der Waals surface area contributed by atoms with Gasteiger partial charge in [-0.25, -0.2) is 4.68 Å². The van der Waals surface area contributed by atoms with Gasteiger partial charge in [-0.15, -0.1) is 10.2 Å². The molecule has 1 aliphatic carbocycles. The van der Waals surface area contributed by atoms with Gasteiger partial charge in [0.2, 0.25) is 11.1 Å². The molecule has 0 aliphatic heterocycles. The van der Waals surface area contributed by atoms with Crippen LogP contribution < -0.4 is 11.2 Å². The van der Waals surface area contributed by atoms with Gasteiger partial charge in [0.25, 0.3) is 0 Å². The molecule has 0 spiro atoms. The molecule has 3 atom stereocenters. The fourth-order valence-corrected chi connectivity index (χ4v) is 3.69. The van der Waals surface area contributed by atoms with Crippen molar-refractivity contribution in [1.29, 1.82) is 0 Å². The number of carbonyl (C=O) groups excluding carboxylic acids is 1. The monoisotopic (exact) mass is 339 g/mol. The molecule has 1 heterocycles. The number of hydrogen-bond acceptors (Lipinski definition) is 5. The Kier molecular flexibility index (Phi) is 5.60. The van der Waals surface area contributed by atoms with Gasteiger partial charge in [-0.2, -0.15) is 0 Å². The minimum atomic E-state index is -0.247. The molecule has 1 saturated carbocycles. The Labute approximate surface area is 143 Å². The number of nitrogens with zero attached hydrogens (tertiary/aromatic N) is 3. The van der Waals surface area contributed by atoms with Gasteiger partial charge in [-0.1, -0.05) is 52.3 Å². The second-order valence-corrected chi connectivity index (χ2v) is 8.87. The van der Waals surface area contributed by atoms with Crippen molar-refractivity contribution in [2.24, 2.45) is 5.92 Å². The van der Waals surface area contributed by atoms with Gasteiger partial charge in [0.15, 0.2) is 5.82 Å². The van der Waals surface area contributed by atoms with Crippen LogP contribution in [0.1, 0.15) is 66.1 Å². The maximum absolute atomic E-state index is 12.4. The summed E-state index contributed by atoms with van der Waals surface area (Å²) in [5.74, 6) is 7.40. The summed E-state index contributed by atoms with van der Waals surface area (Å²) in [7, 11) is 0. The van der Waals surface area contributed by atoms with E-state index in [-0.39, 0.29) is 16.6 Å². The molecule has 1 aromatic heterocycles. The second kappa shape index (κ2) is 7.11. The van der Waals surface area contributed by atoms with E-state index < -0.39 is 0 Å². The Morgan fingerprint density at radius 2 is 2.00 bits per heavy atom. The topological polar surface area (TPSA) is 85.8 Å². The number of carbonyl (C=O) groups is 1. The molecule has 2 rings (SSSR count). The highest BCUT2D eigenvalue weighted by atomic mass is 32.2. The SMILES string of the molecule is CC(Sc1nnc(C(C)(C)C)n1N)C(=O)NC1CCCCC1C. The van der Waals surface area contributed by atoms with Crippen molar-refractivity contribution < 1.29 is 4.79 Å². The molecule has 0 saturated heterocycles. The lowest BCUT2D eigenvalue weighted by atomic mass is 9.86. The van der Waals surface area contributed by atoms with Crippen LogP contribution in [0.5, 0.6) is 0 Å². The average Bonchev–Trinajstić information content (AvgIpc) is 2.82. The van der Waals surface area contributed by atoms with E-state index in [1.54, 1.807) is 0 Å². The summed E-state index contributed by atoms with van der Waals surface area (Å²) < 4.78 is 1.50. The fourth-order valence-electron chi connectivity index (χ4n) is 2.91. The predicted molar refractivity (Wildman–Crippen MR) is 93.8 cm³/mol. The van der Waals surface area contributed by atoms with E-state index in [2.05, 4.69) is 22.4 Å². The van der Waals surface area contributed by atoms with E-state index in [1.165, 1.54) is 35.7 Å². The van der Waals surface area contributed by atoms with Gasteiger partial charge in [-0.05, 0) is 25.7 Å². The Morgan fingerprint density at radius 1 is 1.35 bits per heavy atom. The average molecular weight is 340 g/mol. The molecule has 1 amide bonds. The molecule has 0 bridgehead atoms. The Balaban J connectivity index is 1.97. The zero-order valence-electron chi connectivity index (χ0n) is 14.8. The third-order valence-electron chi connectivity index (χ3n) is 4.43. The first-order chi connectivity index (χ1) is 10.7. The number of aromatic nitrogens is 3. The Hall–Kier alpha value is -1.24. The highest BCUT2D eigenvalue weighted by Gasteiger charge is 2.28. The number of rotatable bonds is 4. The van der Waals surface area contributed by atoms with Crippen LogP contribution in [-0.4, -0.2) is 32.1 Å². The fraction of sp³-hybridized carbons (Fsp3) is 0.812. The molecule has 0 aromatic carbocycles. The van der Waals surface area contributed by atoms with Gasteiger partial charge in [0.1, 0.15) is 0 Å². The van der Waals surface area contributed by atoms with Crippen molar-refractivity contribution in [3.8, 4) is 0 Å². The first-order valence-electron chi connectivity index (χ1n) is 8.38. The number of hydrogen-bond donors (Lipinski definition) is 2. The van der Waals surface area contributed by atoms with Crippen LogP contribution in [0.2, 0.25) is 0 Å². The maximum atomic E-state index is 12.4. The summed E-state index contributed by atoms with van der Waals surface area (Å²) in [6.07, 6.45) is 4.73. The normalized spacial score (nSPS) is 23.5. The molecular weight excluding hydrogens is 310 g/mol. The number of nitrogen functional groups attached to an aromatic ring is 1. The first-order valence-corrected chi connectivity index (χ1v) is 9.26. The minimum Gasteiger partial charge on any atom is -0.352 e. The molecule has 1 aromatic rings. The Bertz CT molecular complexity index is 551. The van der Waals surface area contributed by atoms with E-state index in [1.807, 2.05) is 27.7 Å². The smallest absolute Gasteiger partial charge is 0.233 e. The molecular formula is C16H29N5OS.